The Morgan fingerprint density at radius 3 is 2.52 bits per heavy atom. The summed E-state index contributed by atoms with van der Waals surface area (Å²) in [5, 5.41) is 0.128. The summed E-state index contributed by atoms with van der Waals surface area (Å²) >= 11 is 12.7. The van der Waals surface area contributed by atoms with Crippen molar-refractivity contribution in [1.82, 2.24) is 4.90 Å². The highest BCUT2D eigenvalue weighted by atomic mass is 35.5. The van der Waals surface area contributed by atoms with Crippen LogP contribution in [0.4, 0.5) is 0 Å². The molecule has 1 aliphatic carbocycles. The molecule has 0 N–H and O–H groups in total. The van der Waals surface area contributed by atoms with Gasteiger partial charge in [0.2, 0.25) is 0 Å². The van der Waals surface area contributed by atoms with Gasteiger partial charge in [-0.1, -0.05) is 0 Å². The number of fused-ring (bicyclic) bond motifs is 2. The van der Waals surface area contributed by atoms with Crippen molar-refractivity contribution >= 4 is 29.2 Å². The number of methoxy groups -OCH3 is 1. The van der Waals surface area contributed by atoms with Crippen molar-refractivity contribution in [3.8, 4) is 0 Å². The fraction of sp³-hybridized carbons (Fsp3) is 0.938. The summed E-state index contributed by atoms with van der Waals surface area (Å²) in [6.45, 7) is 0. The summed E-state index contributed by atoms with van der Waals surface area (Å²) in [4.78, 5) is 14.8. The van der Waals surface area contributed by atoms with E-state index in [0.717, 1.165) is 32.1 Å². The van der Waals surface area contributed by atoms with E-state index in [-0.39, 0.29) is 22.6 Å². The number of nitrogens with zero attached hydrogens (tertiary/aromatic N) is 1. The zero-order valence-corrected chi connectivity index (χ0v) is 14.3. The van der Waals surface area contributed by atoms with Crippen molar-refractivity contribution < 1.29 is 9.53 Å². The minimum absolute atomic E-state index is 0.0134. The van der Waals surface area contributed by atoms with E-state index in [1.54, 1.807) is 0 Å². The van der Waals surface area contributed by atoms with E-state index in [1.807, 2.05) is 0 Å². The molecule has 3 fully saturated rings. The van der Waals surface area contributed by atoms with Crippen LogP contribution in [0.15, 0.2) is 0 Å². The quantitative estimate of drug-likeness (QED) is 0.573. The highest BCUT2D eigenvalue weighted by molar-refractivity contribution is 6.30. The van der Waals surface area contributed by atoms with Crippen LogP contribution in [0, 0.1) is 17.8 Å². The van der Waals surface area contributed by atoms with Crippen LogP contribution in [-0.4, -0.2) is 47.9 Å². The molecule has 0 aromatic carbocycles. The molecule has 3 rings (SSSR count). The normalized spacial score (nSPS) is 47.3. The van der Waals surface area contributed by atoms with Gasteiger partial charge in [0.15, 0.2) is 0 Å². The molecule has 2 heterocycles. The second-order valence-corrected chi connectivity index (χ2v) is 8.14. The number of hydrogen-bond donors (Lipinski definition) is 0. The molecule has 0 radical (unpaired) electrons. The Labute approximate surface area is 137 Å². The first-order valence-electron chi connectivity index (χ1n) is 8.10. The maximum Gasteiger partial charge on any atom is 0.310 e. The van der Waals surface area contributed by atoms with Crippen LogP contribution >= 0.6 is 23.2 Å². The summed E-state index contributed by atoms with van der Waals surface area (Å²) in [7, 11) is 3.68. The van der Waals surface area contributed by atoms with Crippen LogP contribution in [0.1, 0.15) is 38.5 Å². The zero-order chi connectivity index (χ0) is 15.1. The third-order valence-corrected chi connectivity index (χ3v) is 7.26. The smallest absolute Gasteiger partial charge is 0.310 e. The predicted octanol–water partition coefficient (Wildman–Crippen LogP) is 3.27. The Kier molecular flexibility index (Phi) is 4.73. The standard InChI is InChI=1S/C16H25Cl2NO2/c1-19-10-4-6-14(19)15(16(20)21-2)11(8-10)9-3-5-12(17)13(18)7-9/h9-15H,3-8H2,1-2H3/t9?,10-,11-,12?,13?,14?,15+/m1/s1. The van der Waals surface area contributed by atoms with Gasteiger partial charge in [-0.3, -0.25) is 9.69 Å². The molecule has 5 heteroatoms. The number of carbonyl (C=O) groups excluding carboxylic acids is 1. The molecular formula is C16H25Cl2NO2. The van der Waals surface area contributed by atoms with Gasteiger partial charge in [0.05, 0.1) is 18.4 Å². The average molecular weight is 334 g/mol. The Morgan fingerprint density at radius 2 is 1.86 bits per heavy atom. The lowest BCUT2D eigenvalue weighted by Gasteiger charge is -2.46. The van der Waals surface area contributed by atoms with Gasteiger partial charge in [0.1, 0.15) is 0 Å². The van der Waals surface area contributed by atoms with E-state index in [4.69, 9.17) is 27.9 Å². The first-order chi connectivity index (χ1) is 10.0. The van der Waals surface area contributed by atoms with Gasteiger partial charge in [-0.15, -0.1) is 23.2 Å². The molecule has 1 saturated carbocycles. The Bertz CT molecular complexity index is 406. The molecule has 0 amide bonds. The molecule has 21 heavy (non-hydrogen) atoms. The summed E-state index contributed by atoms with van der Waals surface area (Å²) in [6.07, 6.45) is 6.44. The number of esters is 1. The maximum absolute atomic E-state index is 12.4. The molecule has 120 valence electrons. The van der Waals surface area contributed by atoms with E-state index < -0.39 is 0 Å². The SMILES string of the molecule is COC(=O)[C@@H]1C2CC[C@H](C[C@@H]1C1CCC(Cl)C(Cl)C1)N2C. The Morgan fingerprint density at radius 1 is 1.10 bits per heavy atom. The second-order valence-electron chi connectivity index (χ2n) is 7.02. The molecule has 0 aromatic rings. The van der Waals surface area contributed by atoms with Gasteiger partial charge in [-0.05, 0) is 57.4 Å². The van der Waals surface area contributed by atoms with Crippen molar-refractivity contribution in [3.63, 3.8) is 0 Å². The van der Waals surface area contributed by atoms with E-state index in [2.05, 4.69) is 11.9 Å². The van der Waals surface area contributed by atoms with Gasteiger partial charge < -0.3 is 4.74 Å². The van der Waals surface area contributed by atoms with Crippen LogP contribution < -0.4 is 0 Å². The summed E-state index contributed by atoms with van der Waals surface area (Å²) in [5.41, 5.74) is 0. The van der Waals surface area contributed by atoms with E-state index >= 15 is 0 Å². The number of alkyl halides is 2. The van der Waals surface area contributed by atoms with Crippen molar-refractivity contribution in [2.75, 3.05) is 14.2 Å². The van der Waals surface area contributed by atoms with E-state index in [0.29, 0.717) is 23.9 Å². The molecule has 2 aliphatic heterocycles. The molecule has 4 unspecified atom stereocenters. The van der Waals surface area contributed by atoms with Crippen LogP contribution in [0.2, 0.25) is 0 Å². The average Bonchev–Trinajstić information content (AvgIpc) is 2.72. The highest BCUT2D eigenvalue weighted by Gasteiger charge is 2.51. The van der Waals surface area contributed by atoms with Gasteiger partial charge in [-0.2, -0.15) is 0 Å². The highest BCUT2D eigenvalue weighted by Crippen LogP contribution is 2.49. The van der Waals surface area contributed by atoms with Crippen molar-refractivity contribution in [3.05, 3.63) is 0 Å². The van der Waals surface area contributed by atoms with Crippen molar-refractivity contribution in [2.45, 2.75) is 61.4 Å². The molecule has 2 saturated heterocycles. The molecule has 0 aromatic heterocycles. The molecule has 2 bridgehead atoms. The fourth-order valence-corrected chi connectivity index (χ4v) is 5.54. The summed E-state index contributed by atoms with van der Waals surface area (Å²) in [6, 6.07) is 0.979. The van der Waals surface area contributed by atoms with Crippen LogP contribution in [0.5, 0.6) is 0 Å². The lowest BCUT2D eigenvalue weighted by Crippen LogP contribution is -2.52. The number of halogens is 2. The zero-order valence-electron chi connectivity index (χ0n) is 12.8. The minimum atomic E-state index is -0.0312. The number of ether oxygens (including phenoxy) is 1. The van der Waals surface area contributed by atoms with Gasteiger partial charge >= 0.3 is 5.97 Å². The van der Waals surface area contributed by atoms with Gasteiger partial charge in [0, 0.05) is 17.5 Å². The summed E-state index contributed by atoms with van der Waals surface area (Å²) < 4.78 is 5.13. The van der Waals surface area contributed by atoms with Crippen LogP contribution in [0.25, 0.3) is 0 Å². The maximum atomic E-state index is 12.4. The molecular weight excluding hydrogens is 309 g/mol. The summed E-state index contributed by atoms with van der Waals surface area (Å²) in [5.74, 6) is 0.913. The van der Waals surface area contributed by atoms with Crippen molar-refractivity contribution in [1.29, 1.82) is 0 Å². The number of carbonyl (C=O) groups is 1. The second kappa shape index (κ2) is 6.25. The van der Waals surface area contributed by atoms with E-state index in [1.165, 1.54) is 13.5 Å². The monoisotopic (exact) mass is 333 g/mol. The first-order valence-corrected chi connectivity index (χ1v) is 8.98. The van der Waals surface area contributed by atoms with E-state index in [9.17, 15) is 4.79 Å². The Balaban J connectivity index is 1.80. The Hall–Kier alpha value is 0.01000. The number of hydrogen-bond acceptors (Lipinski definition) is 3. The number of piperidine rings is 1. The van der Waals surface area contributed by atoms with Crippen molar-refractivity contribution in [2.24, 2.45) is 17.8 Å². The molecule has 7 atom stereocenters. The van der Waals surface area contributed by atoms with Gasteiger partial charge in [-0.25, -0.2) is 0 Å². The third-order valence-electron chi connectivity index (χ3n) is 6.13. The number of rotatable bonds is 2. The minimum Gasteiger partial charge on any atom is -0.469 e. The van der Waals surface area contributed by atoms with Crippen LogP contribution in [-0.2, 0) is 9.53 Å². The predicted molar refractivity (Wildman–Crippen MR) is 84.8 cm³/mol. The molecule has 3 nitrogen and oxygen atoms in total. The van der Waals surface area contributed by atoms with Crippen LogP contribution in [0.3, 0.4) is 0 Å². The molecule has 3 aliphatic rings. The topological polar surface area (TPSA) is 29.5 Å². The third kappa shape index (κ3) is 2.82. The largest absolute Gasteiger partial charge is 0.469 e. The lowest BCUT2D eigenvalue weighted by molar-refractivity contribution is -0.154. The molecule has 0 spiro atoms. The fourth-order valence-electron chi connectivity index (χ4n) is 4.96. The lowest BCUT2D eigenvalue weighted by atomic mass is 9.68. The van der Waals surface area contributed by atoms with Gasteiger partial charge in [0.25, 0.3) is 0 Å². The first kappa shape index (κ1) is 15.9.